The van der Waals surface area contributed by atoms with Crippen LogP contribution >= 0.6 is 11.8 Å². The van der Waals surface area contributed by atoms with Gasteiger partial charge in [0.15, 0.2) is 6.29 Å². The Kier molecular flexibility index (Phi) is 5.35. The van der Waals surface area contributed by atoms with Gasteiger partial charge in [-0.05, 0) is 40.8 Å². The van der Waals surface area contributed by atoms with Crippen LogP contribution in [0.1, 0.15) is 25.7 Å². The molecule has 0 radical (unpaired) electrons. The van der Waals surface area contributed by atoms with Crippen molar-refractivity contribution < 1.29 is 14.2 Å². The molecule has 4 heteroatoms. The number of ether oxygens (including phenoxy) is 3. The van der Waals surface area contributed by atoms with E-state index in [0.717, 1.165) is 5.56 Å². The van der Waals surface area contributed by atoms with Crippen molar-refractivity contribution in [1.82, 2.24) is 0 Å². The summed E-state index contributed by atoms with van der Waals surface area (Å²) in [6, 6.07) is 25.3. The van der Waals surface area contributed by atoms with E-state index in [-0.39, 0.29) is 23.9 Å². The molecule has 2 aliphatic heterocycles. The molecule has 0 aromatic heterocycles. The summed E-state index contributed by atoms with van der Waals surface area (Å²) in [6.45, 7) is 5.11. The lowest BCUT2D eigenvalue weighted by atomic mass is 9.85. The maximum absolute atomic E-state index is 6.45. The summed E-state index contributed by atoms with van der Waals surface area (Å²) in [7, 11) is 0. The Morgan fingerprint density at radius 2 is 1.55 bits per heavy atom. The van der Waals surface area contributed by atoms with E-state index in [1.165, 1.54) is 15.7 Å². The highest BCUT2D eigenvalue weighted by molar-refractivity contribution is 7.99. The first-order chi connectivity index (χ1) is 14.2. The quantitative estimate of drug-likeness (QED) is 0.530. The van der Waals surface area contributed by atoms with Crippen LogP contribution < -0.4 is 0 Å². The Hall–Kier alpha value is -1.85. The minimum absolute atomic E-state index is 0.0286. The Morgan fingerprint density at radius 3 is 2.38 bits per heavy atom. The molecule has 2 fully saturated rings. The SMILES string of the molecule is CC1[C@@H](C)[C@@H]2OC(c3ccc4ccccc4c3)OCC2O[C@H]1Sc1ccccc1. The second-order valence-electron chi connectivity index (χ2n) is 8.06. The predicted octanol–water partition coefficient (Wildman–Crippen LogP) is 6.04. The minimum Gasteiger partial charge on any atom is -0.359 e. The van der Waals surface area contributed by atoms with Gasteiger partial charge < -0.3 is 14.2 Å². The van der Waals surface area contributed by atoms with Crippen molar-refractivity contribution in [2.75, 3.05) is 6.61 Å². The molecule has 6 atom stereocenters. The fourth-order valence-corrected chi connectivity index (χ4v) is 5.51. The third-order valence-electron chi connectivity index (χ3n) is 6.19. The average Bonchev–Trinajstić information content (AvgIpc) is 2.77. The normalized spacial score (nSPS) is 32.1. The smallest absolute Gasteiger partial charge is 0.184 e. The highest BCUT2D eigenvalue weighted by Crippen LogP contribution is 2.44. The molecule has 29 heavy (non-hydrogen) atoms. The number of thioether (sulfide) groups is 1. The van der Waals surface area contributed by atoms with E-state index in [4.69, 9.17) is 14.2 Å². The maximum atomic E-state index is 6.45. The molecule has 0 aliphatic carbocycles. The molecule has 2 aliphatic rings. The summed E-state index contributed by atoms with van der Waals surface area (Å²) in [6.07, 6.45) is -0.320. The van der Waals surface area contributed by atoms with Gasteiger partial charge in [-0.15, -0.1) is 0 Å². The highest BCUT2D eigenvalue weighted by atomic mass is 32.2. The molecule has 150 valence electrons. The largest absolute Gasteiger partial charge is 0.359 e. The van der Waals surface area contributed by atoms with Gasteiger partial charge in [0.1, 0.15) is 11.5 Å². The third-order valence-corrected chi connectivity index (χ3v) is 7.50. The Bertz CT molecular complexity index is 974. The molecular weight excluding hydrogens is 380 g/mol. The zero-order chi connectivity index (χ0) is 19.8. The van der Waals surface area contributed by atoms with E-state index in [0.29, 0.717) is 18.4 Å². The van der Waals surface area contributed by atoms with Crippen molar-refractivity contribution >= 4 is 22.5 Å². The van der Waals surface area contributed by atoms with E-state index in [2.05, 4.69) is 80.6 Å². The summed E-state index contributed by atoms with van der Waals surface area (Å²) in [5, 5.41) is 2.44. The number of rotatable bonds is 3. The molecule has 3 aromatic rings. The van der Waals surface area contributed by atoms with E-state index in [9.17, 15) is 0 Å². The number of hydrogen-bond acceptors (Lipinski definition) is 4. The van der Waals surface area contributed by atoms with E-state index in [1.54, 1.807) is 11.8 Å². The molecule has 0 spiro atoms. The van der Waals surface area contributed by atoms with Crippen LogP contribution in [0, 0.1) is 11.8 Å². The molecule has 2 saturated heterocycles. The summed E-state index contributed by atoms with van der Waals surface area (Å²) in [4.78, 5) is 1.24. The zero-order valence-electron chi connectivity index (χ0n) is 16.7. The van der Waals surface area contributed by atoms with Gasteiger partial charge in [-0.1, -0.05) is 80.2 Å². The van der Waals surface area contributed by atoms with Crippen molar-refractivity contribution in [3.63, 3.8) is 0 Å². The summed E-state index contributed by atoms with van der Waals surface area (Å²) in [5.74, 6) is 0.777. The lowest BCUT2D eigenvalue weighted by Gasteiger charge is -2.48. The molecule has 0 amide bonds. The summed E-state index contributed by atoms with van der Waals surface area (Å²) < 4.78 is 19.0. The third kappa shape index (κ3) is 3.82. The maximum Gasteiger partial charge on any atom is 0.184 e. The van der Waals surface area contributed by atoms with Crippen LogP contribution in [-0.4, -0.2) is 24.3 Å². The fraction of sp³-hybridized carbons (Fsp3) is 0.360. The Balaban J connectivity index is 1.32. The Morgan fingerprint density at radius 1 is 0.793 bits per heavy atom. The van der Waals surface area contributed by atoms with E-state index >= 15 is 0 Å². The molecular formula is C25H26O3S. The van der Waals surface area contributed by atoms with Gasteiger partial charge in [0.2, 0.25) is 0 Å². The predicted molar refractivity (Wildman–Crippen MR) is 117 cm³/mol. The van der Waals surface area contributed by atoms with Gasteiger partial charge in [-0.25, -0.2) is 0 Å². The van der Waals surface area contributed by atoms with Gasteiger partial charge in [0.25, 0.3) is 0 Å². The summed E-state index contributed by atoms with van der Waals surface area (Å²) >= 11 is 1.80. The van der Waals surface area contributed by atoms with Crippen LogP contribution in [0.2, 0.25) is 0 Å². The van der Waals surface area contributed by atoms with Gasteiger partial charge in [0, 0.05) is 10.5 Å². The fourth-order valence-electron chi connectivity index (χ4n) is 4.27. The molecule has 0 saturated carbocycles. The van der Waals surface area contributed by atoms with Crippen molar-refractivity contribution in [2.45, 2.75) is 42.7 Å². The van der Waals surface area contributed by atoms with E-state index in [1.807, 2.05) is 6.07 Å². The lowest BCUT2D eigenvalue weighted by Crippen LogP contribution is -2.54. The van der Waals surface area contributed by atoms with Crippen molar-refractivity contribution in [2.24, 2.45) is 11.8 Å². The Labute approximate surface area is 176 Å². The van der Waals surface area contributed by atoms with Gasteiger partial charge in [-0.2, -0.15) is 0 Å². The van der Waals surface area contributed by atoms with Crippen LogP contribution in [0.15, 0.2) is 77.7 Å². The first kappa shape index (κ1) is 19.1. The first-order valence-corrected chi connectivity index (χ1v) is 11.2. The van der Waals surface area contributed by atoms with Crippen molar-refractivity contribution in [1.29, 1.82) is 0 Å². The van der Waals surface area contributed by atoms with Gasteiger partial charge in [0.05, 0.1) is 12.7 Å². The second-order valence-corrected chi connectivity index (χ2v) is 9.24. The van der Waals surface area contributed by atoms with Crippen LogP contribution in [0.25, 0.3) is 10.8 Å². The number of benzene rings is 3. The van der Waals surface area contributed by atoms with Crippen LogP contribution in [0.3, 0.4) is 0 Å². The summed E-state index contributed by atoms with van der Waals surface area (Å²) in [5.41, 5.74) is 1.18. The van der Waals surface area contributed by atoms with E-state index < -0.39 is 0 Å². The van der Waals surface area contributed by atoms with Crippen LogP contribution in [0.5, 0.6) is 0 Å². The molecule has 3 nitrogen and oxygen atoms in total. The average molecular weight is 407 g/mol. The monoisotopic (exact) mass is 406 g/mol. The molecule has 2 heterocycles. The number of fused-ring (bicyclic) bond motifs is 2. The topological polar surface area (TPSA) is 27.7 Å². The molecule has 0 N–H and O–H groups in total. The van der Waals surface area contributed by atoms with Gasteiger partial charge >= 0.3 is 0 Å². The van der Waals surface area contributed by atoms with Crippen LogP contribution in [-0.2, 0) is 14.2 Å². The first-order valence-electron chi connectivity index (χ1n) is 10.3. The standard InChI is InChI=1S/C25H26O3S/c1-16-17(2)25(29-21-10-4-3-5-11-21)27-22-15-26-24(28-23(16)22)20-13-12-18-8-6-7-9-19(18)14-20/h3-14,16-17,22-25H,15H2,1-2H3/t16-,17?,22?,23+,24?,25+/m1/s1. The van der Waals surface area contributed by atoms with Crippen molar-refractivity contribution in [3.05, 3.63) is 78.4 Å². The molecule has 3 unspecified atom stereocenters. The molecule has 0 bridgehead atoms. The minimum atomic E-state index is -0.336. The highest BCUT2D eigenvalue weighted by Gasteiger charge is 2.46. The second kappa shape index (κ2) is 8.11. The van der Waals surface area contributed by atoms with Crippen LogP contribution in [0.4, 0.5) is 0 Å². The molecule has 5 rings (SSSR count). The van der Waals surface area contributed by atoms with Gasteiger partial charge in [-0.3, -0.25) is 0 Å². The molecule has 3 aromatic carbocycles. The number of hydrogen-bond donors (Lipinski definition) is 0. The lowest BCUT2D eigenvalue weighted by molar-refractivity contribution is -0.300. The zero-order valence-corrected chi connectivity index (χ0v) is 17.5. The van der Waals surface area contributed by atoms with Crippen molar-refractivity contribution in [3.8, 4) is 0 Å².